The fraction of sp³-hybridized carbons (Fsp3) is 0.533. The number of hydrogen-bond acceptors (Lipinski definition) is 2. The normalized spacial score (nSPS) is 17.1. The quantitative estimate of drug-likeness (QED) is 0.752. The number of nitrogens with one attached hydrogen (secondary N) is 2. The summed E-state index contributed by atoms with van der Waals surface area (Å²) in [5, 5.41) is 6.45. The Hall–Kier alpha value is -0.330. The van der Waals surface area contributed by atoms with E-state index >= 15 is 0 Å². The Bertz CT molecular complexity index is 447. The number of piperidine rings is 1. The van der Waals surface area contributed by atoms with Gasteiger partial charge in [-0.1, -0.05) is 19.1 Å². The van der Waals surface area contributed by atoms with Crippen molar-refractivity contribution < 1.29 is 4.79 Å². The molecule has 2 rings (SSSR count). The highest BCUT2D eigenvalue weighted by atomic mass is 127. The highest BCUT2D eigenvalue weighted by molar-refractivity contribution is 14.1. The zero-order chi connectivity index (χ0) is 13.7. The van der Waals surface area contributed by atoms with Gasteiger partial charge in [-0.05, 0) is 71.6 Å². The molecule has 20 heavy (non-hydrogen) atoms. The number of halogens is 2. The molecule has 0 aliphatic carbocycles. The van der Waals surface area contributed by atoms with Crippen molar-refractivity contribution in [3.05, 3.63) is 33.4 Å². The third-order valence-electron chi connectivity index (χ3n) is 3.78. The van der Waals surface area contributed by atoms with E-state index in [1.54, 1.807) is 0 Å². The molecule has 1 amide bonds. The lowest BCUT2D eigenvalue weighted by Gasteiger charge is -2.34. The average molecular weight is 409 g/mol. The van der Waals surface area contributed by atoms with E-state index in [0.717, 1.165) is 38.0 Å². The molecular weight excluding hydrogens is 387 g/mol. The van der Waals surface area contributed by atoms with Crippen LogP contribution in [0.25, 0.3) is 0 Å². The van der Waals surface area contributed by atoms with E-state index in [2.05, 4.69) is 46.2 Å². The summed E-state index contributed by atoms with van der Waals surface area (Å²) in [5.41, 5.74) is 1.34. The minimum absolute atomic E-state index is 0. The molecular formula is C15H22ClIN2O. The summed E-state index contributed by atoms with van der Waals surface area (Å²) in [5.74, 6) is 0.127. The Morgan fingerprint density at radius 1 is 1.40 bits per heavy atom. The van der Waals surface area contributed by atoms with E-state index in [9.17, 15) is 4.79 Å². The number of benzene rings is 1. The van der Waals surface area contributed by atoms with Crippen molar-refractivity contribution in [1.82, 2.24) is 10.6 Å². The fourth-order valence-corrected chi connectivity index (χ4v) is 3.02. The van der Waals surface area contributed by atoms with Crippen molar-refractivity contribution in [2.24, 2.45) is 5.41 Å². The van der Waals surface area contributed by atoms with Crippen LogP contribution in [0.1, 0.15) is 25.3 Å². The molecule has 0 radical (unpaired) electrons. The first-order chi connectivity index (χ1) is 9.07. The van der Waals surface area contributed by atoms with Gasteiger partial charge in [0, 0.05) is 10.1 Å². The second-order valence-corrected chi connectivity index (χ2v) is 6.89. The second kappa shape index (κ2) is 8.20. The molecule has 1 heterocycles. The molecule has 0 aromatic heterocycles. The Morgan fingerprint density at radius 3 is 2.75 bits per heavy atom. The van der Waals surface area contributed by atoms with Crippen LogP contribution >= 0.6 is 35.0 Å². The zero-order valence-electron chi connectivity index (χ0n) is 11.7. The summed E-state index contributed by atoms with van der Waals surface area (Å²) < 4.78 is 1.17. The smallest absolute Gasteiger partial charge is 0.224 e. The molecule has 0 saturated carbocycles. The minimum Gasteiger partial charge on any atom is -0.355 e. The van der Waals surface area contributed by atoms with E-state index in [1.165, 1.54) is 3.57 Å². The molecule has 1 aromatic carbocycles. The molecule has 1 aromatic rings. The molecule has 0 bridgehead atoms. The van der Waals surface area contributed by atoms with Gasteiger partial charge in [-0.2, -0.15) is 0 Å². The van der Waals surface area contributed by atoms with Crippen molar-refractivity contribution >= 4 is 40.9 Å². The number of carbonyl (C=O) groups excluding carboxylic acids is 1. The Kier molecular flexibility index (Phi) is 7.26. The third kappa shape index (κ3) is 5.58. The van der Waals surface area contributed by atoms with Crippen molar-refractivity contribution in [3.8, 4) is 0 Å². The Labute approximate surface area is 140 Å². The molecule has 0 spiro atoms. The number of carbonyl (C=O) groups is 1. The predicted molar refractivity (Wildman–Crippen MR) is 93.3 cm³/mol. The van der Waals surface area contributed by atoms with Gasteiger partial charge in [0.2, 0.25) is 5.91 Å². The number of amides is 1. The van der Waals surface area contributed by atoms with Gasteiger partial charge in [0.05, 0.1) is 6.42 Å². The highest BCUT2D eigenvalue weighted by Crippen LogP contribution is 2.26. The summed E-state index contributed by atoms with van der Waals surface area (Å²) in [6, 6.07) is 8.11. The summed E-state index contributed by atoms with van der Waals surface area (Å²) >= 11 is 2.27. The van der Waals surface area contributed by atoms with Gasteiger partial charge in [-0.15, -0.1) is 12.4 Å². The lowest BCUT2D eigenvalue weighted by molar-refractivity contribution is -0.121. The number of rotatable bonds is 4. The molecule has 0 unspecified atom stereocenters. The molecule has 2 N–H and O–H groups in total. The van der Waals surface area contributed by atoms with Crippen LogP contribution in [0, 0.1) is 8.99 Å². The van der Waals surface area contributed by atoms with E-state index in [0.29, 0.717) is 6.42 Å². The lowest BCUT2D eigenvalue weighted by atomic mass is 9.81. The highest BCUT2D eigenvalue weighted by Gasteiger charge is 2.26. The van der Waals surface area contributed by atoms with Crippen LogP contribution in [-0.2, 0) is 11.2 Å². The van der Waals surface area contributed by atoms with E-state index in [-0.39, 0.29) is 23.7 Å². The van der Waals surface area contributed by atoms with E-state index < -0.39 is 0 Å². The van der Waals surface area contributed by atoms with Crippen LogP contribution in [0.4, 0.5) is 0 Å². The minimum atomic E-state index is 0. The number of hydrogen-bond donors (Lipinski definition) is 2. The van der Waals surface area contributed by atoms with E-state index in [1.807, 2.05) is 18.2 Å². The maximum atomic E-state index is 12.0. The second-order valence-electron chi connectivity index (χ2n) is 5.64. The standard InChI is InChI=1S/C15H21IN2O.ClH/c1-15(5-7-17-8-6-15)11-18-14(19)10-12-3-2-4-13(16)9-12;/h2-4,9,17H,5-8,10-11H2,1H3,(H,18,19);1H. The van der Waals surface area contributed by atoms with Crippen LogP contribution < -0.4 is 10.6 Å². The van der Waals surface area contributed by atoms with Gasteiger partial charge >= 0.3 is 0 Å². The van der Waals surface area contributed by atoms with E-state index in [4.69, 9.17) is 0 Å². The first-order valence-electron chi connectivity index (χ1n) is 6.79. The topological polar surface area (TPSA) is 41.1 Å². The average Bonchev–Trinajstić information content (AvgIpc) is 2.38. The van der Waals surface area contributed by atoms with Crippen LogP contribution in [-0.4, -0.2) is 25.5 Å². The first-order valence-corrected chi connectivity index (χ1v) is 7.87. The van der Waals surface area contributed by atoms with Crippen molar-refractivity contribution in [1.29, 1.82) is 0 Å². The summed E-state index contributed by atoms with van der Waals surface area (Å²) in [7, 11) is 0. The van der Waals surface area contributed by atoms with Crippen LogP contribution in [0.5, 0.6) is 0 Å². The van der Waals surface area contributed by atoms with Crippen molar-refractivity contribution in [3.63, 3.8) is 0 Å². The first kappa shape index (κ1) is 17.7. The molecule has 3 nitrogen and oxygen atoms in total. The maximum absolute atomic E-state index is 12.0. The van der Waals surface area contributed by atoms with Gasteiger partial charge in [-0.25, -0.2) is 0 Å². The summed E-state index contributed by atoms with van der Waals surface area (Å²) in [4.78, 5) is 12.0. The van der Waals surface area contributed by atoms with Gasteiger partial charge in [-0.3, -0.25) is 4.79 Å². The molecule has 1 saturated heterocycles. The van der Waals surface area contributed by atoms with Crippen LogP contribution in [0.2, 0.25) is 0 Å². The molecule has 112 valence electrons. The largest absolute Gasteiger partial charge is 0.355 e. The fourth-order valence-electron chi connectivity index (χ4n) is 2.41. The Morgan fingerprint density at radius 2 is 2.10 bits per heavy atom. The van der Waals surface area contributed by atoms with Crippen molar-refractivity contribution in [2.45, 2.75) is 26.2 Å². The predicted octanol–water partition coefficient (Wildman–Crippen LogP) is 2.76. The monoisotopic (exact) mass is 408 g/mol. The lowest BCUT2D eigenvalue weighted by Crippen LogP contribution is -2.43. The van der Waals surface area contributed by atoms with Gasteiger partial charge < -0.3 is 10.6 Å². The zero-order valence-corrected chi connectivity index (χ0v) is 14.7. The molecule has 1 fully saturated rings. The van der Waals surface area contributed by atoms with Gasteiger partial charge in [0.15, 0.2) is 0 Å². The molecule has 5 heteroatoms. The van der Waals surface area contributed by atoms with Gasteiger partial charge in [0.1, 0.15) is 0 Å². The SMILES string of the molecule is CC1(CNC(=O)Cc2cccc(I)c2)CCNCC1.Cl. The summed E-state index contributed by atoms with van der Waals surface area (Å²) in [6.45, 7) is 5.17. The molecule has 1 aliphatic rings. The summed E-state index contributed by atoms with van der Waals surface area (Å²) in [6.07, 6.45) is 2.75. The van der Waals surface area contributed by atoms with Crippen molar-refractivity contribution in [2.75, 3.05) is 19.6 Å². The van der Waals surface area contributed by atoms with Crippen LogP contribution in [0.15, 0.2) is 24.3 Å². The molecule has 0 atom stereocenters. The van der Waals surface area contributed by atoms with Gasteiger partial charge in [0.25, 0.3) is 0 Å². The third-order valence-corrected chi connectivity index (χ3v) is 4.45. The Balaban J connectivity index is 0.00000200. The molecule has 1 aliphatic heterocycles. The maximum Gasteiger partial charge on any atom is 0.224 e. The van der Waals surface area contributed by atoms with Crippen LogP contribution in [0.3, 0.4) is 0 Å².